The van der Waals surface area contributed by atoms with Gasteiger partial charge in [0.1, 0.15) is 16.2 Å². The molecule has 0 saturated heterocycles. The number of hydrogen-bond donors (Lipinski definition) is 2. The van der Waals surface area contributed by atoms with Gasteiger partial charge in [-0.2, -0.15) is 0 Å². The summed E-state index contributed by atoms with van der Waals surface area (Å²) in [4.78, 5) is 33.4. The van der Waals surface area contributed by atoms with Gasteiger partial charge in [0, 0.05) is 43.1 Å². The minimum Gasteiger partial charge on any atom is -0.444 e. The van der Waals surface area contributed by atoms with Gasteiger partial charge >= 0.3 is 6.09 Å². The van der Waals surface area contributed by atoms with E-state index in [-0.39, 0.29) is 18.2 Å². The number of thiazole rings is 1. The van der Waals surface area contributed by atoms with Crippen LogP contribution in [0.15, 0.2) is 53.1 Å². The molecule has 2 aromatic heterocycles. The lowest BCUT2D eigenvalue weighted by Gasteiger charge is -2.30. The first-order valence-electron chi connectivity index (χ1n) is 14.5. The third-order valence-electron chi connectivity index (χ3n) is 6.99. The van der Waals surface area contributed by atoms with Gasteiger partial charge in [-0.3, -0.25) is 0 Å². The predicted octanol–water partition coefficient (Wildman–Crippen LogP) is 7.32. The van der Waals surface area contributed by atoms with Crippen LogP contribution in [0, 0.1) is 6.92 Å². The van der Waals surface area contributed by atoms with Crippen LogP contribution in [0.5, 0.6) is 11.6 Å². The topological polar surface area (TPSA) is 114 Å². The van der Waals surface area contributed by atoms with Crippen LogP contribution in [0.4, 0.5) is 16.4 Å². The zero-order valence-electron chi connectivity index (χ0n) is 25.5. The summed E-state index contributed by atoms with van der Waals surface area (Å²) in [5.74, 6) is 1.81. The molecule has 2 heterocycles. The predicted molar refractivity (Wildman–Crippen MR) is 173 cm³/mol. The third kappa shape index (κ3) is 7.78. The summed E-state index contributed by atoms with van der Waals surface area (Å²) in [7, 11) is 3.90. The molecule has 1 aliphatic carbocycles. The van der Waals surface area contributed by atoms with Crippen LogP contribution in [0.1, 0.15) is 52.0 Å². The molecule has 2 N–H and O–H groups in total. The number of aromatic nitrogens is 3. The number of alkyl carbamates (subject to hydrolysis) is 1. The number of carbonyl (C=O) groups excluding carboxylic acids is 1. The van der Waals surface area contributed by atoms with E-state index in [4.69, 9.17) is 14.5 Å². The smallest absolute Gasteiger partial charge is 0.407 e. The number of amides is 1. The van der Waals surface area contributed by atoms with Crippen LogP contribution in [0.25, 0.3) is 21.3 Å². The van der Waals surface area contributed by atoms with Crippen molar-refractivity contribution < 1.29 is 14.3 Å². The number of nitrogens with zero attached hydrogens (tertiary/aromatic N) is 5. The molecule has 4 aromatic rings. The Kier molecular flexibility index (Phi) is 9.10. The van der Waals surface area contributed by atoms with Gasteiger partial charge in [0.15, 0.2) is 0 Å². The van der Waals surface area contributed by atoms with Crippen LogP contribution < -0.4 is 15.4 Å². The molecule has 10 nitrogen and oxygen atoms in total. The molecule has 0 aliphatic heterocycles. The maximum Gasteiger partial charge on any atom is 0.407 e. The Labute approximate surface area is 256 Å². The van der Waals surface area contributed by atoms with E-state index in [1.54, 1.807) is 18.0 Å². The average molecular weight is 602 g/mol. The van der Waals surface area contributed by atoms with Crippen LogP contribution in [0.3, 0.4) is 0 Å². The number of rotatable bonds is 8. The van der Waals surface area contributed by atoms with Crippen molar-refractivity contribution in [3.8, 4) is 22.2 Å². The summed E-state index contributed by atoms with van der Waals surface area (Å²) in [5.41, 5.74) is 3.85. The first-order valence-corrected chi connectivity index (χ1v) is 15.4. The minimum atomic E-state index is -0.508. The molecular weight excluding hydrogens is 562 g/mol. The summed E-state index contributed by atoms with van der Waals surface area (Å²) < 4.78 is 11.9. The maximum atomic E-state index is 12.1. The van der Waals surface area contributed by atoms with Crippen LogP contribution in [0.2, 0.25) is 0 Å². The number of carbonyl (C=O) groups is 1. The number of benzene rings is 2. The van der Waals surface area contributed by atoms with Gasteiger partial charge in [-0.05, 0) is 71.1 Å². The highest BCUT2D eigenvalue weighted by Gasteiger charge is 2.25. The SMILES string of the molecule is Cc1cc(N=CN(C)C)c2ccccc2c1Oc1ncsc1-c1ccnc(N[C@H]2CC[C@H](NC(=O)OC(C)(C)C)CC2)n1. The normalized spacial score (nSPS) is 17.2. The molecular formula is C32H39N7O3S. The van der Waals surface area contributed by atoms with Gasteiger partial charge in [-0.15, -0.1) is 11.3 Å². The Hall–Kier alpha value is -4.25. The van der Waals surface area contributed by atoms with Crippen molar-refractivity contribution in [3.05, 3.63) is 53.7 Å². The zero-order chi connectivity index (χ0) is 30.6. The molecule has 1 fully saturated rings. The zero-order valence-corrected chi connectivity index (χ0v) is 26.4. The number of ether oxygens (including phenoxy) is 2. The molecule has 0 unspecified atom stereocenters. The first-order chi connectivity index (χ1) is 20.6. The fourth-order valence-electron chi connectivity index (χ4n) is 5.05. The third-order valence-corrected chi connectivity index (χ3v) is 7.82. The van der Waals surface area contributed by atoms with Gasteiger partial charge in [0.2, 0.25) is 11.8 Å². The highest BCUT2D eigenvalue weighted by atomic mass is 32.1. The van der Waals surface area contributed by atoms with Crippen molar-refractivity contribution in [2.45, 2.75) is 71.1 Å². The van der Waals surface area contributed by atoms with E-state index in [0.29, 0.717) is 11.8 Å². The fraction of sp³-hybridized carbons (Fsp3) is 0.406. The molecule has 1 amide bonds. The molecule has 0 atom stereocenters. The number of fused-ring (bicyclic) bond motifs is 1. The Morgan fingerprint density at radius 1 is 1.07 bits per heavy atom. The molecule has 11 heteroatoms. The van der Waals surface area contributed by atoms with Crippen molar-refractivity contribution >= 4 is 46.2 Å². The molecule has 43 heavy (non-hydrogen) atoms. The van der Waals surface area contributed by atoms with Gasteiger partial charge in [-0.25, -0.2) is 24.7 Å². The quantitative estimate of drug-likeness (QED) is 0.159. The monoisotopic (exact) mass is 601 g/mol. The summed E-state index contributed by atoms with van der Waals surface area (Å²) in [5, 5.41) is 8.45. The molecule has 5 rings (SSSR count). The van der Waals surface area contributed by atoms with Gasteiger partial charge in [0.05, 0.1) is 23.2 Å². The van der Waals surface area contributed by atoms with Crippen molar-refractivity contribution in [2.24, 2.45) is 4.99 Å². The lowest BCUT2D eigenvalue weighted by molar-refractivity contribution is 0.0492. The van der Waals surface area contributed by atoms with E-state index >= 15 is 0 Å². The van der Waals surface area contributed by atoms with Crippen LogP contribution in [-0.4, -0.2) is 64.1 Å². The Balaban J connectivity index is 1.29. The molecule has 1 aliphatic rings. The highest BCUT2D eigenvalue weighted by molar-refractivity contribution is 7.13. The Morgan fingerprint density at radius 2 is 1.79 bits per heavy atom. The summed E-state index contributed by atoms with van der Waals surface area (Å²) >= 11 is 1.48. The van der Waals surface area contributed by atoms with E-state index in [1.165, 1.54) is 11.3 Å². The fourth-order valence-corrected chi connectivity index (χ4v) is 5.74. The van der Waals surface area contributed by atoms with Crippen molar-refractivity contribution in [3.63, 3.8) is 0 Å². The largest absolute Gasteiger partial charge is 0.444 e. The van der Waals surface area contributed by atoms with Crippen molar-refractivity contribution in [1.29, 1.82) is 0 Å². The van der Waals surface area contributed by atoms with Crippen molar-refractivity contribution in [2.75, 3.05) is 19.4 Å². The minimum absolute atomic E-state index is 0.102. The average Bonchev–Trinajstić information content (AvgIpc) is 3.42. The van der Waals surface area contributed by atoms with Crippen LogP contribution >= 0.6 is 11.3 Å². The second kappa shape index (κ2) is 12.9. The van der Waals surface area contributed by atoms with Gasteiger partial charge in [-0.1, -0.05) is 24.3 Å². The standard InChI is InChI=1S/C32H39N7O3S/c1-20-17-26(34-18-39(5)6)23-9-7-8-10-24(23)27(20)41-29-28(43-19-35-29)25-15-16-33-30(38-25)36-21-11-13-22(14-12-21)37-31(40)42-32(2,3)4/h7-10,15-19,21-22H,11-14H2,1-6H3,(H,37,40)(H,33,36,38)/t21-,22-. The Morgan fingerprint density at radius 3 is 2.51 bits per heavy atom. The number of nitrogens with one attached hydrogen (secondary N) is 2. The Bertz CT molecular complexity index is 1600. The second-order valence-corrected chi connectivity index (χ2v) is 12.8. The molecule has 0 bridgehead atoms. The number of anilines is 1. The van der Waals surface area contributed by atoms with E-state index in [2.05, 4.69) is 31.7 Å². The number of hydrogen-bond acceptors (Lipinski definition) is 9. The van der Waals surface area contributed by atoms with Gasteiger partial charge in [0.25, 0.3) is 0 Å². The highest BCUT2D eigenvalue weighted by Crippen LogP contribution is 2.41. The molecule has 1 saturated carbocycles. The molecule has 226 valence electrons. The molecule has 0 radical (unpaired) electrons. The number of aryl methyl sites for hydroxylation is 1. The lowest BCUT2D eigenvalue weighted by atomic mass is 9.91. The van der Waals surface area contributed by atoms with E-state index < -0.39 is 5.60 Å². The van der Waals surface area contributed by atoms with Crippen molar-refractivity contribution in [1.82, 2.24) is 25.2 Å². The lowest BCUT2D eigenvalue weighted by Crippen LogP contribution is -2.42. The summed E-state index contributed by atoms with van der Waals surface area (Å²) in [6.07, 6.45) is 6.69. The first kappa shape index (κ1) is 30.2. The summed E-state index contributed by atoms with van der Waals surface area (Å²) in [6, 6.07) is 12.3. The van der Waals surface area contributed by atoms with E-state index in [9.17, 15) is 4.79 Å². The molecule has 0 spiro atoms. The van der Waals surface area contributed by atoms with E-state index in [1.807, 2.05) is 77.0 Å². The van der Waals surface area contributed by atoms with E-state index in [0.717, 1.165) is 64.0 Å². The number of aliphatic imine (C=N–C) groups is 1. The molecule has 2 aromatic carbocycles. The maximum absolute atomic E-state index is 12.1. The second-order valence-electron chi connectivity index (χ2n) is 12.0. The summed E-state index contributed by atoms with van der Waals surface area (Å²) in [6.45, 7) is 7.62. The van der Waals surface area contributed by atoms with Crippen LogP contribution in [-0.2, 0) is 4.74 Å². The van der Waals surface area contributed by atoms with Gasteiger partial charge < -0.3 is 25.0 Å².